The average Bonchev–Trinajstić information content (AvgIpc) is 3.02. The normalized spacial score (nSPS) is 95.4. The minimum absolute atomic E-state index is 0.0664. The van der Waals surface area contributed by atoms with E-state index in [9.17, 15) is 15.2 Å². The van der Waals surface area contributed by atoms with Crippen LogP contribution in [0.15, 0.2) is 0 Å². The highest BCUT2D eigenvalue weighted by atomic mass is 16.3. The molecule has 1 aliphatic heterocycles. The molecule has 1 amide bonds. The van der Waals surface area contributed by atoms with Crippen molar-refractivity contribution in [3.05, 3.63) is 0 Å². The number of aliphatic hydroxyl groups is 1. The first-order chi connectivity index (χ1) is 18.2. The van der Waals surface area contributed by atoms with Gasteiger partial charge in [0, 0.05) is 29.3 Å². The first-order valence-electron chi connectivity index (χ1n) is 16.4. The van der Waals surface area contributed by atoms with Gasteiger partial charge in [-0.25, -0.2) is 0 Å². The molecule has 5 saturated carbocycles. The SMILES string of the molecule is [2H]C1([2H])C2([2H])C([2H])([2H])C3(O)C([2H])([2H])C1([2H])C([2H])([2H])C([C@@]([2H])(N)C(=O)N1C(C#N)C[C@]4([2H])C([2H])([2H])[C@]14[2H])(C2([2H])[2H])C3([2H])[2H]. The summed E-state index contributed by atoms with van der Waals surface area (Å²) in [4.78, 5) is 14.1. The van der Waals surface area contributed by atoms with E-state index in [1.807, 2.05) is 0 Å². The van der Waals surface area contributed by atoms with Gasteiger partial charge >= 0.3 is 0 Å². The first kappa shape index (κ1) is 4.74. The summed E-state index contributed by atoms with van der Waals surface area (Å²) >= 11 is 0. The number of nitrogens with two attached hydrogens (primary N) is 1. The topological polar surface area (TPSA) is 90.3 Å². The van der Waals surface area contributed by atoms with E-state index in [0.717, 1.165) is 0 Å². The summed E-state index contributed by atoms with van der Waals surface area (Å²) < 4.78 is 164. The van der Waals surface area contributed by atoms with Crippen LogP contribution >= 0.6 is 0 Å². The molecule has 0 aromatic heterocycles. The average molecular weight is 335 g/mol. The maximum Gasteiger partial charge on any atom is 0.241 e. The largest absolute Gasteiger partial charge is 0.390 e. The van der Waals surface area contributed by atoms with Crippen LogP contribution in [0.25, 0.3) is 0 Å². The molecule has 124 valence electrons. The van der Waals surface area contributed by atoms with Crippen LogP contribution < -0.4 is 5.73 Å². The van der Waals surface area contributed by atoms with Crippen LogP contribution in [0.3, 0.4) is 0 Å². The Kier molecular flexibility index (Phi) is 0.882. The van der Waals surface area contributed by atoms with Gasteiger partial charge in [-0.2, -0.15) is 5.26 Å². The van der Waals surface area contributed by atoms with Gasteiger partial charge in [-0.1, -0.05) is 0 Å². The van der Waals surface area contributed by atoms with E-state index in [0.29, 0.717) is 0 Å². The Morgan fingerprint density at radius 2 is 2.13 bits per heavy atom. The third kappa shape index (κ3) is 1.88. The molecule has 1 heterocycles. The van der Waals surface area contributed by atoms with Crippen molar-refractivity contribution >= 4 is 5.91 Å². The third-order valence-electron chi connectivity index (χ3n) is 4.30. The Morgan fingerprint density at radius 3 is 2.78 bits per heavy atom. The summed E-state index contributed by atoms with van der Waals surface area (Å²) in [5.74, 6) is -13.5. The number of rotatable bonds is 2. The molecule has 0 aromatic carbocycles. The molecule has 6 rings (SSSR count). The van der Waals surface area contributed by atoms with E-state index in [1.54, 1.807) is 0 Å². The molecule has 4 bridgehead atoms. The zero-order valence-corrected chi connectivity index (χ0v) is 11.6. The highest BCUT2D eigenvalue weighted by Crippen LogP contribution is 2.63. The van der Waals surface area contributed by atoms with Crippen molar-refractivity contribution in [1.82, 2.24) is 4.90 Å². The Labute approximate surface area is 163 Å². The summed E-state index contributed by atoms with van der Waals surface area (Å²) in [7, 11) is 0. The van der Waals surface area contributed by atoms with E-state index in [1.165, 1.54) is 6.07 Å². The van der Waals surface area contributed by atoms with Gasteiger partial charge in [0.1, 0.15) is 6.04 Å². The molecule has 6 atom stereocenters. The van der Waals surface area contributed by atoms with Crippen molar-refractivity contribution in [1.29, 1.82) is 5.26 Å². The van der Waals surface area contributed by atoms with Gasteiger partial charge in [-0.05, 0) is 74.1 Å². The maximum atomic E-state index is 14.2. The standard InChI is InChI=1S/C18H25N3O2/c19-8-13-2-12-3-14(12)21(13)16(22)15(20)17-4-10-1-11(5-17)7-18(23,6-10)9-17/h10-15,23H,1-7,9,20H2/t10?,11?,12-,13?,14+,15+,17?,18?/m1/s1/i1D2,3D2,4D2,5D2,6D2,7D2,9D2,10D,11D,12D,14D,15D. The van der Waals surface area contributed by atoms with E-state index in [2.05, 4.69) is 0 Å². The fourth-order valence-electron chi connectivity index (χ4n) is 3.25. The summed E-state index contributed by atoms with van der Waals surface area (Å²) in [5.41, 5.74) is -3.08. The van der Waals surface area contributed by atoms with Gasteiger partial charge in [-0.3, -0.25) is 4.79 Å². The minimum atomic E-state index is -4.59. The zero-order valence-electron chi connectivity index (χ0n) is 30.6. The van der Waals surface area contributed by atoms with Crippen molar-refractivity contribution < 1.29 is 35.9 Å². The predicted octanol–water partition coefficient (Wildman–Crippen LogP) is 1.16. The van der Waals surface area contributed by atoms with Crippen molar-refractivity contribution in [3.8, 4) is 6.07 Å². The molecule has 0 aromatic rings. The summed E-state index contributed by atoms with van der Waals surface area (Å²) in [6.45, 7) is 0. The number of piperidine rings is 1. The number of amides is 1. The van der Waals surface area contributed by atoms with Gasteiger partial charge < -0.3 is 15.7 Å². The molecule has 3 unspecified atom stereocenters. The van der Waals surface area contributed by atoms with Crippen molar-refractivity contribution in [3.63, 3.8) is 0 Å². The van der Waals surface area contributed by atoms with Crippen molar-refractivity contribution in [2.24, 2.45) is 28.8 Å². The Hall–Kier alpha value is -1.12. The molecular weight excluding hydrogens is 290 g/mol. The lowest BCUT2D eigenvalue weighted by atomic mass is 9.46. The molecule has 1 saturated heterocycles. The van der Waals surface area contributed by atoms with Crippen molar-refractivity contribution in [2.75, 3.05) is 0 Å². The summed E-state index contributed by atoms with van der Waals surface area (Å²) in [6, 6.07) is -7.86. The van der Waals surface area contributed by atoms with E-state index in [-0.39, 0.29) is 4.90 Å². The van der Waals surface area contributed by atoms with Crippen LogP contribution in [0, 0.1) is 34.4 Å². The number of carbonyl (C=O) groups excluding carboxylic acids is 1. The lowest BCUT2D eigenvalue weighted by Gasteiger charge is -2.61. The van der Waals surface area contributed by atoms with Crippen LogP contribution in [0.5, 0.6) is 0 Å². The number of nitrogens with zero attached hydrogens (tertiary/aromatic N) is 2. The fraction of sp³-hybridized carbons (Fsp3) is 0.889. The van der Waals surface area contributed by atoms with Crippen LogP contribution in [-0.2, 0) is 4.79 Å². The van der Waals surface area contributed by atoms with Crippen LogP contribution in [0.1, 0.15) is 77.1 Å². The minimum Gasteiger partial charge on any atom is -0.390 e. The predicted molar refractivity (Wildman–Crippen MR) is 82.8 cm³/mol. The third-order valence-corrected chi connectivity index (χ3v) is 4.30. The molecule has 0 radical (unpaired) electrons. The van der Waals surface area contributed by atoms with E-state index < -0.39 is 104 Å². The summed E-state index contributed by atoms with van der Waals surface area (Å²) in [5, 5.41) is 21.4. The monoisotopic (exact) mass is 334 g/mol. The zero-order chi connectivity index (χ0) is 33.1. The first-order valence-corrected chi connectivity index (χ1v) is 6.95. The van der Waals surface area contributed by atoms with Gasteiger partial charge in [0.05, 0.1) is 20.4 Å². The molecule has 3 N–H and O–H groups in total. The van der Waals surface area contributed by atoms with Gasteiger partial charge in [0.2, 0.25) is 5.91 Å². The molecule has 5 heteroatoms. The molecule has 5 aliphatic carbocycles. The second kappa shape index (κ2) is 4.29. The molecule has 0 spiro atoms. The number of carbonyl (C=O) groups is 1. The highest BCUT2D eigenvalue weighted by molar-refractivity contribution is 5.84. The number of hydrogen-bond acceptors (Lipinski definition) is 4. The van der Waals surface area contributed by atoms with Crippen molar-refractivity contribution in [2.45, 2.75) is 74.7 Å². The van der Waals surface area contributed by atoms with E-state index in [4.69, 9.17) is 31.8 Å². The quantitative estimate of drug-likeness (QED) is 0.793. The fourth-order valence-corrected chi connectivity index (χ4v) is 3.25. The second-order valence-corrected chi connectivity index (χ2v) is 5.85. The molecule has 23 heavy (non-hydrogen) atoms. The van der Waals surface area contributed by atoms with Gasteiger partial charge in [-0.15, -0.1) is 0 Å². The molecule has 6 fully saturated rings. The Morgan fingerprint density at radius 1 is 1.43 bits per heavy atom. The lowest BCUT2D eigenvalue weighted by Crippen LogP contribution is -2.64. The van der Waals surface area contributed by atoms with Crippen LogP contribution in [-0.4, -0.2) is 39.6 Å². The van der Waals surface area contributed by atoms with Crippen LogP contribution in [0.4, 0.5) is 0 Å². The Balaban J connectivity index is 1.94. The number of nitriles is 1. The number of likely N-dealkylation sites (tertiary alicyclic amines) is 1. The van der Waals surface area contributed by atoms with Gasteiger partial charge in [0.15, 0.2) is 0 Å². The number of fused-ring (bicyclic) bond motifs is 1. The molecular formula is C18H25N3O2. The smallest absolute Gasteiger partial charge is 0.241 e. The van der Waals surface area contributed by atoms with Crippen LogP contribution in [0.2, 0.25) is 0 Å². The number of hydrogen-bond donors (Lipinski definition) is 2. The maximum absolute atomic E-state index is 14.2. The van der Waals surface area contributed by atoms with E-state index >= 15 is 0 Å². The lowest BCUT2D eigenvalue weighted by molar-refractivity contribution is -0.177. The van der Waals surface area contributed by atoms with Gasteiger partial charge in [0.25, 0.3) is 0 Å². The highest BCUT2D eigenvalue weighted by Gasteiger charge is 2.62. The Bertz CT molecular complexity index is 1280. The molecule has 5 nitrogen and oxygen atoms in total. The second-order valence-electron chi connectivity index (χ2n) is 5.85. The molecule has 6 aliphatic rings. The summed E-state index contributed by atoms with van der Waals surface area (Å²) in [6.07, 6.45) is -30.4.